The minimum atomic E-state index is -0.825. The molecular formula is C22H38N4O2. The SMILES string of the molecule is C=C(C)NC(CCN(CCCCc1ccc(CC)c(NC)n1)C(C)C)C(=O)O. The molecule has 0 aliphatic rings. The molecule has 0 spiro atoms. The Labute approximate surface area is 170 Å². The van der Waals surface area contributed by atoms with E-state index in [2.05, 4.69) is 55.0 Å². The number of hydrogen-bond donors (Lipinski definition) is 3. The first-order chi connectivity index (χ1) is 13.3. The Bertz CT molecular complexity index is 631. The van der Waals surface area contributed by atoms with Crippen LogP contribution in [0, 0.1) is 0 Å². The van der Waals surface area contributed by atoms with Crippen LogP contribution >= 0.6 is 0 Å². The molecule has 0 radical (unpaired) electrons. The molecule has 1 aromatic rings. The number of carboxylic acid groups (broad SMARTS) is 1. The second-order valence-electron chi connectivity index (χ2n) is 7.60. The lowest BCUT2D eigenvalue weighted by Gasteiger charge is -2.28. The van der Waals surface area contributed by atoms with Crippen molar-refractivity contribution in [3.8, 4) is 0 Å². The van der Waals surface area contributed by atoms with E-state index in [1.165, 1.54) is 5.56 Å². The number of carboxylic acids is 1. The monoisotopic (exact) mass is 390 g/mol. The first-order valence-corrected chi connectivity index (χ1v) is 10.3. The molecule has 3 N–H and O–H groups in total. The van der Waals surface area contributed by atoms with Crippen molar-refractivity contribution in [1.29, 1.82) is 0 Å². The second-order valence-corrected chi connectivity index (χ2v) is 7.60. The molecule has 0 bridgehead atoms. The Morgan fingerprint density at radius 1 is 1.29 bits per heavy atom. The fraction of sp³-hybridized carbons (Fsp3) is 0.636. The quantitative estimate of drug-likeness (QED) is 0.421. The van der Waals surface area contributed by atoms with Crippen molar-refractivity contribution in [3.63, 3.8) is 0 Å². The van der Waals surface area contributed by atoms with Crippen molar-refractivity contribution in [1.82, 2.24) is 15.2 Å². The van der Waals surface area contributed by atoms with Crippen LogP contribution in [0.1, 0.15) is 58.2 Å². The van der Waals surface area contributed by atoms with E-state index in [1.54, 1.807) is 6.92 Å². The molecule has 0 amide bonds. The van der Waals surface area contributed by atoms with Gasteiger partial charge in [0.25, 0.3) is 0 Å². The third-order valence-electron chi connectivity index (χ3n) is 4.94. The largest absolute Gasteiger partial charge is 0.480 e. The van der Waals surface area contributed by atoms with Gasteiger partial charge in [0, 0.05) is 31.0 Å². The number of aliphatic carboxylic acids is 1. The summed E-state index contributed by atoms with van der Waals surface area (Å²) < 4.78 is 0. The lowest BCUT2D eigenvalue weighted by molar-refractivity contribution is -0.139. The van der Waals surface area contributed by atoms with Crippen LogP contribution < -0.4 is 10.6 Å². The highest BCUT2D eigenvalue weighted by Gasteiger charge is 2.19. The number of unbranched alkanes of at least 4 members (excludes halogenated alkanes) is 1. The van der Waals surface area contributed by atoms with Crippen LogP contribution in [0.5, 0.6) is 0 Å². The highest BCUT2D eigenvalue weighted by atomic mass is 16.4. The van der Waals surface area contributed by atoms with E-state index in [0.717, 1.165) is 50.3 Å². The number of anilines is 1. The molecule has 158 valence electrons. The smallest absolute Gasteiger partial charge is 0.326 e. The summed E-state index contributed by atoms with van der Waals surface area (Å²) in [6.07, 6.45) is 4.63. The maximum absolute atomic E-state index is 11.4. The van der Waals surface area contributed by atoms with Crippen LogP contribution in [0.3, 0.4) is 0 Å². The van der Waals surface area contributed by atoms with Gasteiger partial charge >= 0.3 is 5.97 Å². The van der Waals surface area contributed by atoms with Crippen LogP contribution in [0.25, 0.3) is 0 Å². The van der Waals surface area contributed by atoms with E-state index >= 15 is 0 Å². The van der Waals surface area contributed by atoms with Gasteiger partial charge in [-0.2, -0.15) is 0 Å². The molecule has 6 heteroatoms. The van der Waals surface area contributed by atoms with Crippen LogP contribution in [0.4, 0.5) is 5.82 Å². The molecule has 1 unspecified atom stereocenters. The third kappa shape index (κ3) is 8.30. The average molecular weight is 391 g/mol. The molecule has 1 aromatic heterocycles. The number of nitrogens with zero attached hydrogens (tertiary/aromatic N) is 2. The zero-order valence-corrected chi connectivity index (χ0v) is 18.2. The van der Waals surface area contributed by atoms with Gasteiger partial charge in [0.05, 0.1) is 0 Å². The number of allylic oxidation sites excluding steroid dienone is 1. The van der Waals surface area contributed by atoms with E-state index in [-0.39, 0.29) is 0 Å². The van der Waals surface area contributed by atoms with Gasteiger partial charge in [-0.15, -0.1) is 0 Å². The molecule has 0 saturated carbocycles. The number of rotatable bonds is 14. The van der Waals surface area contributed by atoms with E-state index in [9.17, 15) is 9.90 Å². The molecule has 1 heterocycles. The van der Waals surface area contributed by atoms with Crippen molar-refractivity contribution in [2.75, 3.05) is 25.5 Å². The molecule has 28 heavy (non-hydrogen) atoms. The van der Waals surface area contributed by atoms with Crippen molar-refractivity contribution in [2.45, 2.75) is 71.9 Å². The van der Waals surface area contributed by atoms with E-state index in [0.29, 0.717) is 18.2 Å². The maximum Gasteiger partial charge on any atom is 0.326 e. The lowest BCUT2D eigenvalue weighted by Crippen LogP contribution is -2.41. The van der Waals surface area contributed by atoms with Crippen LogP contribution in [0.2, 0.25) is 0 Å². The molecule has 0 fully saturated rings. The number of carbonyl (C=O) groups is 1. The zero-order valence-electron chi connectivity index (χ0n) is 18.2. The molecule has 1 rings (SSSR count). The van der Waals surface area contributed by atoms with Crippen molar-refractivity contribution < 1.29 is 9.90 Å². The predicted octanol–water partition coefficient (Wildman–Crippen LogP) is 3.69. The van der Waals surface area contributed by atoms with Gasteiger partial charge in [0.1, 0.15) is 11.9 Å². The van der Waals surface area contributed by atoms with Gasteiger partial charge in [-0.1, -0.05) is 19.6 Å². The molecule has 0 aliphatic carbocycles. The number of aryl methyl sites for hydroxylation is 2. The van der Waals surface area contributed by atoms with Gasteiger partial charge in [0.2, 0.25) is 0 Å². The van der Waals surface area contributed by atoms with E-state index in [1.807, 2.05) is 7.05 Å². The maximum atomic E-state index is 11.4. The fourth-order valence-corrected chi connectivity index (χ4v) is 3.27. The van der Waals surface area contributed by atoms with Crippen LogP contribution in [-0.2, 0) is 17.6 Å². The summed E-state index contributed by atoms with van der Waals surface area (Å²) in [7, 11) is 1.92. The first kappa shape index (κ1) is 24.0. The van der Waals surface area contributed by atoms with Gasteiger partial charge < -0.3 is 20.6 Å². The van der Waals surface area contributed by atoms with Crippen molar-refractivity contribution in [3.05, 3.63) is 35.7 Å². The fourth-order valence-electron chi connectivity index (χ4n) is 3.27. The summed E-state index contributed by atoms with van der Waals surface area (Å²) >= 11 is 0. The summed E-state index contributed by atoms with van der Waals surface area (Å²) in [5.74, 6) is 0.155. The minimum Gasteiger partial charge on any atom is -0.480 e. The first-order valence-electron chi connectivity index (χ1n) is 10.3. The number of aromatic nitrogens is 1. The molecule has 0 aromatic carbocycles. The van der Waals surface area contributed by atoms with E-state index < -0.39 is 12.0 Å². The zero-order chi connectivity index (χ0) is 21.1. The average Bonchev–Trinajstić information content (AvgIpc) is 2.65. The molecule has 0 saturated heterocycles. The summed E-state index contributed by atoms with van der Waals surface area (Å²) in [5, 5.41) is 15.5. The molecule has 0 aliphatic heterocycles. The van der Waals surface area contributed by atoms with Crippen LogP contribution in [0.15, 0.2) is 24.4 Å². The predicted molar refractivity (Wildman–Crippen MR) is 117 cm³/mol. The normalized spacial score (nSPS) is 12.2. The number of nitrogens with one attached hydrogen (secondary N) is 2. The third-order valence-corrected chi connectivity index (χ3v) is 4.94. The standard InChI is InChI=1S/C22H38N4O2/c1-7-18-11-12-19(25-21(18)23-6)10-8-9-14-26(17(4)5)15-13-20(22(27)28)24-16(2)3/h11-12,17,20,24H,2,7-10,13-15H2,1,3-6H3,(H,23,25)(H,27,28). The summed E-state index contributed by atoms with van der Waals surface area (Å²) in [5.41, 5.74) is 3.05. The van der Waals surface area contributed by atoms with Gasteiger partial charge in [0.15, 0.2) is 0 Å². The minimum absolute atomic E-state index is 0.386. The summed E-state index contributed by atoms with van der Waals surface area (Å²) in [6.45, 7) is 13.7. The van der Waals surface area contributed by atoms with Crippen molar-refractivity contribution >= 4 is 11.8 Å². The Kier molecular flexibility index (Phi) is 10.6. The van der Waals surface area contributed by atoms with E-state index in [4.69, 9.17) is 4.98 Å². The number of hydrogen-bond acceptors (Lipinski definition) is 5. The number of pyridine rings is 1. The molecular weight excluding hydrogens is 352 g/mol. The molecule has 6 nitrogen and oxygen atoms in total. The van der Waals surface area contributed by atoms with Crippen molar-refractivity contribution in [2.24, 2.45) is 0 Å². The highest BCUT2D eigenvalue weighted by Crippen LogP contribution is 2.15. The lowest BCUT2D eigenvalue weighted by atomic mass is 10.1. The van der Waals surface area contributed by atoms with Gasteiger partial charge in [-0.05, 0) is 71.0 Å². The van der Waals surface area contributed by atoms with Gasteiger partial charge in [-0.25, -0.2) is 9.78 Å². The topological polar surface area (TPSA) is 77.5 Å². The second kappa shape index (κ2) is 12.4. The Balaban J connectivity index is 2.49. The summed E-state index contributed by atoms with van der Waals surface area (Å²) in [4.78, 5) is 18.5. The highest BCUT2D eigenvalue weighted by molar-refractivity contribution is 5.73. The Morgan fingerprint density at radius 2 is 2.00 bits per heavy atom. The van der Waals surface area contributed by atoms with Gasteiger partial charge in [-0.3, -0.25) is 0 Å². The summed E-state index contributed by atoms with van der Waals surface area (Å²) in [6, 6.07) is 4.09. The van der Waals surface area contributed by atoms with Crippen LogP contribution in [-0.4, -0.2) is 53.2 Å². The Morgan fingerprint density at radius 3 is 2.54 bits per heavy atom. The Hall–Kier alpha value is -2.08. The molecule has 1 atom stereocenters.